The summed E-state index contributed by atoms with van der Waals surface area (Å²) in [6.07, 6.45) is 4.43. The van der Waals surface area contributed by atoms with E-state index in [-0.39, 0.29) is 6.04 Å². The number of carbonyl (C=O) groups excluding carboxylic acids is 1. The fraction of sp³-hybridized carbons (Fsp3) is 0.588. The van der Waals surface area contributed by atoms with Crippen molar-refractivity contribution in [1.29, 1.82) is 0 Å². The number of hydrogen-bond donors (Lipinski definition) is 1. The molecule has 1 aliphatic carbocycles. The third-order valence-corrected chi connectivity index (χ3v) is 4.08. The highest BCUT2D eigenvalue weighted by molar-refractivity contribution is 5.67. The zero-order valence-electron chi connectivity index (χ0n) is 12.9. The summed E-state index contributed by atoms with van der Waals surface area (Å²) >= 11 is 0. The third-order valence-electron chi connectivity index (χ3n) is 4.08. The van der Waals surface area contributed by atoms with E-state index in [1.807, 2.05) is 6.92 Å². The molecule has 1 amide bonds. The summed E-state index contributed by atoms with van der Waals surface area (Å²) in [5.74, 6) is 0.664. The summed E-state index contributed by atoms with van der Waals surface area (Å²) in [4.78, 5) is 11.1. The normalized spacial score (nSPS) is 23.3. The molecule has 1 atom stereocenters. The van der Waals surface area contributed by atoms with Crippen LogP contribution in [-0.2, 0) is 9.47 Å². The van der Waals surface area contributed by atoms with Crippen molar-refractivity contribution in [3.8, 4) is 0 Å². The Kier molecular flexibility index (Phi) is 6.05. The van der Waals surface area contributed by atoms with Gasteiger partial charge in [0.25, 0.3) is 0 Å². The SMILES string of the molecule is COC(=O)NC(C)CO[C@H]1CC[C@@H](c2ccccc2)CC1. The van der Waals surface area contributed by atoms with E-state index >= 15 is 0 Å². The second-order valence-electron chi connectivity index (χ2n) is 5.75. The third kappa shape index (κ3) is 5.05. The molecule has 1 saturated carbocycles. The minimum Gasteiger partial charge on any atom is -0.453 e. The molecule has 4 nitrogen and oxygen atoms in total. The lowest BCUT2D eigenvalue weighted by Crippen LogP contribution is -2.37. The second kappa shape index (κ2) is 8.03. The fourth-order valence-electron chi connectivity index (χ4n) is 2.87. The molecule has 0 aromatic heterocycles. The van der Waals surface area contributed by atoms with Gasteiger partial charge in [0, 0.05) is 0 Å². The van der Waals surface area contributed by atoms with Crippen LogP contribution in [0.1, 0.15) is 44.1 Å². The van der Waals surface area contributed by atoms with Crippen LogP contribution >= 0.6 is 0 Å². The molecule has 0 heterocycles. The van der Waals surface area contributed by atoms with Crippen molar-refractivity contribution in [1.82, 2.24) is 5.32 Å². The molecule has 4 heteroatoms. The van der Waals surface area contributed by atoms with Gasteiger partial charge in [0.2, 0.25) is 0 Å². The maximum absolute atomic E-state index is 11.1. The highest BCUT2D eigenvalue weighted by atomic mass is 16.5. The lowest BCUT2D eigenvalue weighted by Gasteiger charge is -2.29. The lowest BCUT2D eigenvalue weighted by molar-refractivity contribution is 0.0148. The predicted octanol–water partition coefficient (Wildman–Crippen LogP) is 3.47. The van der Waals surface area contributed by atoms with Crippen molar-refractivity contribution >= 4 is 6.09 Å². The molecule has 2 rings (SSSR count). The molecule has 1 aromatic rings. The van der Waals surface area contributed by atoms with Gasteiger partial charge < -0.3 is 14.8 Å². The zero-order chi connectivity index (χ0) is 15.1. The lowest BCUT2D eigenvalue weighted by atomic mass is 9.83. The smallest absolute Gasteiger partial charge is 0.407 e. The molecule has 0 saturated heterocycles. The summed E-state index contributed by atoms with van der Waals surface area (Å²) in [7, 11) is 1.37. The first kappa shape index (κ1) is 15.8. The van der Waals surface area contributed by atoms with Crippen LogP contribution in [0.15, 0.2) is 30.3 Å². The largest absolute Gasteiger partial charge is 0.453 e. The van der Waals surface area contributed by atoms with Crippen molar-refractivity contribution in [2.45, 2.75) is 50.7 Å². The first-order valence-corrected chi connectivity index (χ1v) is 7.70. The van der Waals surface area contributed by atoms with E-state index < -0.39 is 6.09 Å². The van der Waals surface area contributed by atoms with Crippen LogP contribution in [0.5, 0.6) is 0 Å². The second-order valence-corrected chi connectivity index (χ2v) is 5.75. The van der Waals surface area contributed by atoms with E-state index in [0.29, 0.717) is 18.6 Å². The molecular weight excluding hydrogens is 266 g/mol. The van der Waals surface area contributed by atoms with Gasteiger partial charge in [0.1, 0.15) is 0 Å². The number of rotatable bonds is 5. The van der Waals surface area contributed by atoms with Gasteiger partial charge in [-0.05, 0) is 44.1 Å². The fourth-order valence-corrected chi connectivity index (χ4v) is 2.87. The molecule has 1 aliphatic rings. The molecule has 116 valence electrons. The number of carbonyl (C=O) groups is 1. The molecule has 0 bridgehead atoms. The van der Waals surface area contributed by atoms with Crippen LogP contribution in [-0.4, -0.2) is 32.0 Å². The van der Waals surface area contributed by atoms with E-state index in [4.69, 9.17) is 4.74 Å². The van der Waals surface area contributed by atoms with Crippen molar-refractivity contribution in [2.75, 3.05) is 13.7 Å². The summed E-state index contributed by atoms with van der Waals surface area (Å²) < 4.78 is 10.5. The first-order valence-electron chi connectivity index (χ1n) is 7.70. The minimum atomic E-state index is -0.404. The Bertz CT molecular complexity index is 427. The summed E-state index contributed by atoms with van der Waals surface area (Å²) in [6.45, 7) is 2.46. The summed E-state index contributed by atoms with van der Waals surface area (Å²) in [5, 5.41) is 2.72. The van der Waals surface area contributed by atoms with Crippen molar-refractivity contribution in [2.24, 2.45) is 0 Å². The Labute approximate surface area is 126 Å². The van der Waals surface area contributed by atoms with E-state index in [1.54, 1.807) is 0 Å². The van der Waals surface area contributed by atoms with Crippen LogP contribution in [0.3, 0.4) is 0 Å². The molecular formula is C17H25NO3. The minimum absolute atomic E-state index is 0.0238. The van der Waals surface area contributed by atoms with Gasteiger partial charge in [-0.2, -0.15) is 0 Å². The Morgan fingerprint density at radius 3 is 2.52 bits per heavy atom. The Morgan fingerprint density at radius 2 is 1.90 bits per heavy atom. The van der Waals surface area contributed by atoms with Crippen LogP contribution in [0.25, 0.3) is 0 Å². The summed E-state index contributed by atoms with van der Waals surface area (Å²) in [5.41, 5.74) is 1.44. The molecule has 21 heavy (non-hydrogen) atoms. The van der Waals surface area contributed by atoms with Gasteiger partial charge in [-0.1, -0.05) is 30.3 Å². The monoisotopic (exact) mass is 291 g/mol. The molecule has 1 aromatic carbocycles. The van der Waals surface area contributed by atoms with Gasteiger partial charge in [-0.3, -0.25) is 0 Å². The number of nitrogens with one attached hydrogen (secondary N) is 1. The highest BCUT2D eigenvalue weighted by Crippen LogP contribution is 2.33. The van der Waals surface area contributed by atoms with Crippen LogP contribution < -0.4 is 5.32 Å². The van der Waals surface area contributed by atoms with Crippen LogP contribution in [0.2, 0.25) is 0 Å². The van der Waals surface area contributed by atoms with E-state index in [2.05, 4.69) is 40.4 Å². The van der Waals surface area contributed by atoms with E-state index in [1.165, 1.54) is 25.5 Å². The number of amides is 1. The molecule has 0 radical (unpaired) electrons. The van der Waals surface area contributed by atoms with Gasteiger partial charge >= 0.3 is 6.09 Å². The van der Waals surface area contributed by atoms with Crippen LogP contribution in [0, 0.1) is 0 Å². The van der Waals surface area contributed by atoms with Crippen molar-refractivity contribution in [3.05, 3.63) is 35.9 Å². The van der Waals surface area contributed by atoms with Gasteiger partial charge in [-0.15, -0.1) is 0 Å². The van der Waals surface area contributed by atoms with Crippen LogP contribution in [0.4, 0.5) is 4.79 Å². The number of methoxy groups -OCH3 is 1. The number of hydrogen-bond acceptors (Lipinski definition) is 3. The Balaban J connectivity index is 1.68. The Hall–Kier alpha value is -1.55. The average Bonchev–Trinajstić information content (AvgIpc) is 2.54. The molecule has 0 spiro atoms. The maximum Gasteiger partial charge on any atom is 0.407 e. The van der Waals surface area contributed by atoms with Crippen molar-refractivity contribution in [3.63, 3.8) is 0 Å². The standard InChI is InChI=1S/C17H25NO3/c1-13(18-17(19)20-2)12-21-16-10-8-15(9-11-16)14-6-4-3-5-7-14/h3-7,13,15-16H,8-12H2,1-2H3,(H,18,19)/t13?,15-,16+. The maximum atomic E-state index is 11.1. The Morgan fingerprint density at radius 1 is 1.24 bits per heavy atom. The topological polar surface area (TPSA) is 47.6 Å². The number of benzene rings is 1. The van der Waals surface area contributed by atoms with Crippen molar-refractivity contribution < 1.29 is 14.3 Å². The summed E-state index contributed by atoms with van der Waals surface area (Å²) in [6, 6.07) is 10.7. The first-order chi connectivity index (χ1) is 10.2. The molecule has 1 fully saturated rings. The van der Waals surface area contributed by atoms with Gasteiger partial charge in [0.05, 0.1) is 25.9 Å². The number of ether oxygens (including phenoxy) is 2. The predicted molar refractivity (Wildman–Crippen MR) is 82.4 cm³/mol. The molecule has 1 unspecified atom stereocenters. The quantitative estimate of drug-likeness (QED) is 0.903. The van der Waals surface area contributed by atoms with Gasteiger partial charge in [-0.25, -0.2) is 4.79 Å². The molecule has 1 N–H and O–H groups in total. The van der Waals surface area contributed by atoms with E-state index in [0.717, 1.165) is 12.8 Å². The molecule has 0 aliphatic heterocycles. The zero-order valence-corrected chi connectivity index (χ0v) is 12.9. The van der Waals surface area contributed by atoms with E-state index in [9.17, 15) is 4.79 Å². The highest BCUT2D eigenvalue weighted by Gasteiger charge is 2.23. The van der Waals surface area contributed by atoms with Gasteiger partial charge in [0.15, 0.2) is 0 Å². The number of alkyl carbamates (subject to hydrolysis) is 1. The average molecular weight is 291 g/mol.